The molecular formula is C23H23F2N7O. The number of morpholine rings is 1. The Balaban J connectivity index is 1.64. The van der Waals surface area contributed by atoms with Gasteiger partial charge in [0, 0.05) is 37.0 Å². The van der Waals surface area contributed by atoms with Crippen molar-refractivity contribution in [2.45, 2.75) is 33.0 Å². The maximum Gasteiger partial charge on any atom is 0.228 e. The van der Waals surface area contributed by atoms with Crippen molar-refractivity contribution in [2.24, 2.45) is 7.05 Å². The van der Waals surface area contributed by atoms with Crippen molar-refractivity contribution in [2.75, 3.05) is 18.0 Å². The Morgan fingerprint density at radius 3 is 2.55 bits per heavy atom. The van der Waals surface area contributed by atoms with Gasteiger partial charge in [0.25, 0.3) is 0 Å². The molecule has 5 rings (SSSR count). The topological polar surface area (TPSA) is 81.9 Å². The van der Waals surface area contributed by atoms with Crippen LogP contribution in [0.1, 0.15) is 30.0 Å². The Kier molecular flexibility index (Phi) is 5.24. The third-order valence-electron chi connectivity index (χ3n) is 5.76. The number of nitrogens with zero attached hydrogens (tertiary/aromatic N) is 7. The predicted octanol–water partition coefficient (Wildman–Crippen LogP) is 3.68. The van der Waals surface area contributed by atoms with Crippen LogP contribution in [0.3, 0.4) is 0 Å². The quantitative estimate of drug-likeness (QED) is 0.470. The smallest absolute Gasteiger partial charge is 0.228 e. The highest BCUT2D eigenvalue weighted by atomic mass is 19.1. The lowest BCUT2D eigenvalue weighted by atomic mass is 10.1. The van der Waals surface area contributed by atoms with E-state index in [0.717, 1.165) is 17.3 Å². The lowest BCUT2D eigenvalue weighted by molar-refractivity contribution is -0.0178. The van der Waals surface area contributed by atoms with Gasteiger partial charge in [0.1, 0.15) is 28.9 Å². The van der Waals surface area contributed by atoms with Crippen molar-refractivity contribution in [3.8, 4) is 11.3 Å². The summed E-state index contributed by atoms with van der Waals surface area (Å²) < 4.78 is 36.2. The largest absolute Gasteiger partial charge is 0.367 e. The van der Waals surface area contributed by atoms with Gasteiger partial charge in [0.2, 0.25) is 5.95 Å². The summed E-state index contributed by atoms with van der Waals surface area (Å²) in [7, 11) is 1.85. The van der Waals surface area contributed by atoms with Gasteiger partial charge in [0.05, 0.1) is 30.2 Å². The van der Waals surface area contributed by atoms with Gasteiger partial charge in [-0.15, -0.1) is 0 Å². The minimum atomic E-state index is -0.718. The van der Waals surface area contributed by atoms with Crippen LogP contribution in [0.15, 0.2) is 30.6 Å². The van der Waals surface area contributed by atoms with E-state index in [2.05, 4.69) is 20.1 Å². The molecule has 1 saturated heterocycles. The van der Waals surface area contributed by atoms with E-state index in [-0.39, 0.29) is 23.5 Å². The summed E-state index contributed by atoms with van der Waals surface area (Å²) in [5.74, 6) is -0.985. The molecule has 2 atom stereocenters. The lowest BCUT2D eigenvalue weighted by Gasteiger charge is -2.36. The molecule has 0 unspecified atom stereocenters. The van der Waals surface area contributed by atoms with Crippen LogP contribution in [0.2, 0.25) is 0 Å². The Labute approximate surface area is 189 Å². The van der Waals surface area contributed by atoms with Crippen LogP contribution in [-0.2, 0) is 11.8 Å². The Bertz CT molecular complexity index is 1360. The highest BCUT2D eigenvalue weighted by molar-refractivity contribution is 5.88. The second kappa shape index (κ2) is 8.11. The summed E-state index contributed by atoms with van der Waals surface area (Å²) in [6, 6.07) is 3.41. The van der Waals surface area contributed by atoms with Crippen molar-refractivity contribution < 1.29 is 13.5 Å². The number of rotatable bonds is 3. The van der Waals surface area contributed by atoms with E-state index >= 15 is 0 Å². The van der Waals surface area contributed by atoms with Crippen molar-refractivity contribution in [1.29, 1.82) is 0 Å². The summed E-state index contributed by atoms with van der Waals surface area (Å²) in [5.41, 5.74) is 3.52. The van der Waals surface area contributed by atoms with Crippen LogP contribution in [0.25, 0.3) is 22.4 Å². The number of fused-ring (bicyclic) bond motifs is 1. The average Bonchev–Trinajstić information content (AvgIpc) is 3.20. The molecule has 1 aliphatic rings. The van der Waals surface area contributed by atoms with Crippen LogP contribution in [0, 0.1) is 25.5 Å². The van der Waals surface area contributed by atoms with Crippen LogP contribution < -0.4 is 4.90 Å². The van der Waals surface area contributed by atoms with E-state index in [1.54, 1.807) is 10.9 Å². The summed E-state index contributed by atoms with van der Waals surface area (Å²) in [6.07, 6.45) is 3.37. The molecule has 0 N–H and O–H groups in total. The first-order chi connectivity index (χ1) is 15.8. The van der Waals surface area contributed by atoms with Gasteiger partial charge in [-0.05, 0) is 32.9 Å². The minimum absolute atomic E-state index is 0.0971. The number of benzene rings is 1. The zero-order chi connectivity index (χ0) is 23.3. The molecule has 1 fully saturated rings. The molecule has 0 spiro atoms. The summed E-state index contributed by atoms with van der Waals surface area (Å²) >= 11 is 0. The fourth-order valence-corrected chi connectivity index (χ4v) is 4.02. The molecule has 0 saturated carbocycles. The van der Waals surface area contributed by atoms with Gasteiger partial charge in [-0.1, -0.05) is 0 Å². The summed E-state index contributed by atoms with van der Waals surface area (Å²) in [6.45, 7) is 6.68. The fraction of sp³-hybridized carbons (Fsp3) is 0.348. The molecule has 10 heteroatoms. The first-order valence-corrected chi connectivity index (χ1v) is 10.7. The molecule has 1 aliphatic heterocycles. The SMILES string of the molecule is Cc1nc2nc(N3C[C@@H](C)O[C@H](c4cnn(C)c4)C3)nc(-c3ccc(F)cc3F)c2nc1C. The highest BCUT2D eigenvalue weighted by Gasteiger charge is 2.30. The number of aromatic nitrogens is 6. The van der Waals surface area contributed by atoms with Crippen LogP contribution in [-0.4, -0.2) is 48.9 Å². The zero-order valence-electron chi connectivity index (χ0n) is 18.8. The van der Waals surface area contributed by atoms with Crippen LogP contribution in [0.5, 0.6) is 0 Å². The van der Waals surface area contributed by atoms with E-state index in [1.807, 2.05) is 38.9 Å². The van der Waals surface area contributed by atoms with E-state index in [4.69, 9.17) is 9.72 Å². The monoisotopic (exact) mass is 451 g/mol. The molecule has 0 bridgehead atoms. The van der Waals surface area contributed by atoms with Gasteiger partial charge >= 0.3 is 0 Å². The third-order valence-corrected chi connectivity index (χ3v) is 5.76. The maximum absolute atomic E-state index is 14.8. The normalized spacial score (nSPS) is 18.8. The van der Waals surface area contributed by atoms with Crippen molar-refractivity contribution >= 4 is 17.1 Å². The van der Waals surface area contributed by atoms with Crippen molar-refractivity contribution in [3.63, 3.8) is 0 Å². The van der Waals surface area contributed by atoms with E-state index in [1.165, 1.54) is 12.1 Å². The molecule has 8 nitrogen and oxygen atoms in total. The third kappa shape index (κ3) is 4.02. The Hall–Kier alpha value is -3.53. The standard InChI is InChI=1S/C23H23F2N7O/c1-12-9-32(11-19(33-12)15-8-26-31(4)10-15)23-29-20(17-6-5-16(24)7-18(17)25)21-22(30-23)28-14(3)13(2)27-21/h5-8,10,12,19H,9,11H2,1-4H3/t12-,19+/m1/s1. The second-order valence-electron chi connectivity index (χ2n) is 8.35. The molecule has 1 aromatic carbocycles. The molecule has 33 heavy (non-hydrogen) atoms. The van der Waals surface area contributed by atoms with Gasteiger partial charge in [0.15, 0.2) is 5.65 Å². The lowest BCUT2D eigenvalue weighted by Crippen LogP contribution is -2.43. The Morgan fingerprint density at radius 2 is 1.82 bits per heavy atom. The van der Waals surface area contributed by atoms with Crippen LogP contribution in [0.4, 0.5) is 14.7 Å². The number of ether oxygens (including phenoxy) is 1. The molecule has 4 aromatic rings. The average molecular weight is 451 g/mol. The number of hydrogen-bond donors (Lipinski definition) is 0. The first kappa shape index (κ1) is 21.3. The van der Waals surface area contributed by atoms with Crippen molar-refractivity contribution in [1.82, 2.24) is 29.7 Å². The summed E-state index contributed by atoms with van der Waals surface area (Å²) in [4.78, 5) is 20.5. The minimum Gasteiger partial charge on any atom is -0.367 e. The maximum atomic E-state index is 14.8. The Morgan fingerprint density at radius 1 is 1.03 bits per heavy atom. The number of hydrogen-bond acceptors (Lipinski definition) is 7. The molecule has 170 valence electrons. The van der Waals surface area contributed by atoms with Crippen molar-refractivity contribution in [3.05, 3.63) is 59.2 Å². The zero-order valence-corrected chi connectivity index (χ0v) is 18.8. The first-order valence-electron chi connectivity index (χ1n) is 10.7. The van der Waals surface area contributed by atoms with Gasteiger partial charge in [-0.3, -0.25) is 4.68 Å². The van der Waals surface area contributed by atoms with Crippen LogP contribution >= 0.6 is 0 Å². The molecule has 0 aliphatic carbocycles. The molecule has 0 amide bonds. The van der Waals surface area contributed by atoms with Gasteiger partial charge in [-0.25, -0.2) is 23.7 Å². The highest BCUT2D eigenvalue weighted by Crippen LogP contribution is 2.32. The summed E-state index contributed by atoms with van der Waals surface area (Å²) in [5, 5.41) is 4.24. The fourth-order valence-electron chi connectivity index (χ4n) is 4.02. The second-order valence-corrected chi connectivity index (χ2v) is 8.35. The molecular weight excluding hydrogens is 428 g/mol. The molecule has 4 heterocycles. The van der Waals surface area contributed by atoms with E-state index in [0.29, 0.717) is 35.9 Å². The van der Waals surface area contributed by atoms with Gasteiger partial charge < -0.3 is 9.64 Å². The van der Waals surface area contributed by atoms with E-state index in [9.17, 15) is 8.78 Å². The number of halogens is 2. The predicted molar refractivity (Wildman–Crippen MR) is 119 cm³/mol. The van der Waals surface area contributed by atoms with E-state index < -0.39 is 11.6 Å². The number of aryl methyl sites for hydroxylation is 3. The molecule has 0 radical (unpaired) electrons. The number of anilines is 1. The molecule has 3 aromatic heterocycles. The van der Waals surface area contributed by atoms with Gasteiger partial charge in [-0.2, -0.15) is 10.1 Å².